The molecule has 2 aromatic carbocycles. The van der Waals surface area contributed by atoms with Gasteiger partial charge in [-0.25, -0.2) is 13.1 Å². The van der Waals surface area contributed by atoms with Crippen molar-refractivity contribution in [2.75, 3.05) is 64.0 Å². The van der Waals surface area contributed by atoms with E-state index in [9.17, 15) is 18.3 Å². The Bertz CT molecular complexity index is 1880. The lowest BCUT2D eigenvalue weighted by Gasteiger charge is -2.49. The van der Waals surface area contributed by atoms with Crippen LogP contribution in [0.15, 0.2) is 36.4 Å². The summed E-state index contributed by atoms with van der Waals surface area (Å²) in [5.41, 5.74) is 3.51. The van der Waals surface area contributed by atoms with Gasteiger partial charge < -0.3 is 19.5 Å². The first-order valence-corrected chi connectivity index (χ1v) is 22.5. The van der Waals surface area contributed by atoms with Gasteiger partial charge in [0.15, 0.2) is 0 Å². The van der Waals surface area contributed by atoms with Crippen LogP contribution in [-0.4, -0.2) is 106 Å². The van der Waals surface area contributed by atoms with E-state index >= 15 is 0 Å². The van der Waals surface area contributed by atoms with Crippen LogP contribution in [0.4, 0.5) is 5.69 Å². The number of aliphatic hydroxyl groups excluding tert-OH is 1. The van der Waals surface area contributed by atoms with E-state index in [1.54, 1.807) is 13.0 Å². The van der Waals surface area contributed by atoms with Gasteiger partial charge in [0.25, 0.3) is 5.91 Å². The lowest BCUT2D eigenvalue weighted by Crippen LogP contribution is -2.60. The van der Waals surface area contributed by atoms with Gasteiger partial charge in [-0.1, -0.05) is 31.0 Å². The molecule has 294 valence electrons. The van der Waals surface area contributed by atoms with Gasteiger partial charge in [-0.3, -0.25) is 14.6 Å². The van der Waals surface area contributed by atoms with Crippen LogP contribution in [-0.2, 0) is 26.6 Å². The second kappa shape index (κ2) is 14.2. The molecule has 7 aliphatic rings. The maximum Gasteiger partial charge on any atom is 0.264 e. The molecule has 4 fully saturated rings. The standard InChI is InChI=1S/C42H57ClN4O6S/c1-27-5-3-14-42(21-36(42)40(49)46-16-15-45-17-18-52-24-33(45)23-46)35-10-7-31(35)22-47-25-41(13-4-6-29-19-32(43)9-11-34(29)41)26-53-38-12-8-30(20-37(38)47)39(48)44-54(50,51)28(27)2/h8-9,11-12,19-20,27-28,31,33,35-36,40,49H,3-7,10,13-18,21-26H2,1-2H3,(H,44,48)/t27-,28+,31-,33+,35+,36?,40?,41-,42+/m0/s1. The second-order valence-corrected chi connectivity index (χ2v) is 20.5. The SMILES string of the molecule is C[C@@H]1[C@@H](C)CCC[C@@]2(CC2C(O)N2CCN3CCOC[C@H]3C2)[C@@H]2CC[C@H]2CN2C[C@@]3(CCCc4cc(Cl)ccc43)COc3ccc(cc32)C(=O)NS1(=O)=O. The number of aryl methyl sites for hydroxylation is 1. The minimum Gasteiger partial charge on any atom is -0.490 e. The number of benzene rings is 2. The summed E-state index contributed by atoms with van der Waals surface area (Å²) < 4.78 is 42.3. The monoisotopic (exact) mass is 780 g/mol. The largest absolute Gasteiger partial charge is 0.490 e. The number of carbonyl (C=O) groups is 1. The minimum absolute atomic E-state index is 0.0224. The first-order valence-electron chi connectivity index (χ1n) is 20.6. The summed E-state index contributed by atoms with van der Waals surface area (Å²) in [6.07, 6.45) is 8.44. The third-order valence-electron chi connectivity index (χ3n) is 15.1. The van der Waals surface area contributed by atoms with Crippen molar-refractivity contribution in [1.82, 2.24) is 14.5 Å². The van der Waals surface area contributed by atoms with E-state index in [0.29, 0.717) is 30.0 Å². The minimum atomic E-state index is -3.92. The molecule has 0 aromatic heterocycles. The van der Waals surface area contributed by atoms with E-state index in [0.717, 1.165) is 127 Å². The number of rotatable bonds is 2. The summed E-state index contributed by atoms with van der Waals surface area (Å²) in [5, 5.41) is 12.2. The lowest BCUT2D eigenvalue weighted by molar-refractivity contribution is -0.103. The molecule has 2 N–H and O–H groups in total. The topological polar surface area (TPSA) is 112 Å². The van der Waals surface area contributed by atoms with Crippen molar-refractivity contribution in [2.45, 2.75) is 94.6 Å². The molecule has 0 radical (unpaired) electrons. The number of nitrogens with zero attached hydrogens (tertiary/aromatic N) is 3. The quantitative estimate of drug-likeness (QED) is 0.412. The molecule has 3 aliphatic carbocycles. The number of morpholine rings is 1. The zero-order chi connectivity index (χ0) is 37.4. The molecular formula is C42H57ClN4O6S. The van der Waals surface area contributed by atoms with Crippen LogP contribution in [0.25, 0.3) is 0 Å². The zero-order valence-electron chi connectivity index (χ0n) is 31.8. The highest BCUT2D eigenvalue weighted by atomic mass is 35.5. The zero-order valence-corrected chi connectivity index (χ0v) is 33.4. The van der Waals surface area contributed by atoms with E-state index in [1.165, 1.54) is 11.1 Å². The number of nitrogens with one attached hydrogen (secondary N) is 1. The van der Waals surface area contributed by atoms with Gasteiger partial charge in [0.1, 0.15) is 12.0 Å². The van der Waals surface area contributed by atoms with Crippen LogP contribution in [0.3, 0.4) is 0 Å². The van der Waals surface area contributed by atoms with Gasteiger partial charge >= 0.3 is 0 Å². The molecule has 4 heterocycles. The van der Waals surface area contributed by atoms with E-state index < -0.39 is 27.4 Å². The smallest absolute Gasteiger partial charge is 0.264 e. The molecule has 2 saturated heterocycles. The van der Waals surface area contributed by atoms with E-state index in [-0.39, 0.29) is 22.7 Å². The van der Waals surface area contributed by atoms with Crippen molar-refractivity contribution in [3.63, 3.8) is 0 Å². The van der Waals surface area contributed by atoms with Gasteiger partial charge in [-0.05, 0) is 123 Å². The Kier molecular flexibility index (Phi) is 9.78. The molecule has 54 heavy (non-hydrogen) atoms. The van der Waals surface area contributed by atoms with Crippen LogP contribution >= 0.6 is 11.6 Å². The number of aliphatic hydroxyl groups is 1. The van der Waals surface area contributed by atoms with Crippen LogP contribution < -0.4 is 14.4 Å². The third-order valence-corrected chi connectivity index (χ3v) is 17.3. The Balaban J connectivity index is 1.07. The summed E-state index contributed by atoms with van der Waals surface area (Å²) in [6, 6.07) is 12.0. The molecule has 2 unspecified atom stereocenters. The molecule has 2 aromatic rings. The number of piperazine rings is 1. The molecule has 2 spiro atoms. The molecule has 2 bridgehead atoms. The number of carbonyl (C=O) groups excluding carboxylic acids is 1. The number of amides is 1. The molecule has 10 nitrogen and oxygen atoms in total. The summed E-state index contributed by atoms with van der Waals surface area (Å²) >= 11 is 6.51. The normalized spacial score (nSPS) is 37.5. The predicted octanol–water partition coefficient (Wildman–Crippen LogP) is 5.45. The maximum atomic E-state index is 13.7. The van der Waals surface area contributed by atoms with Gasteiger partial charge in [0.2, 0.25) is 10.0 Å². The highest BCUT2D eigenvalue weighted by molar-refractivity contribution is 7.90. The number of fused-ring (bicyclic) bond motifs is 6. The van der Waals surface area contributed by atoms with Crippen molar-refractivity contribution in [3.8, 4) is 5.75 Å². The van der Waals surface area contributed by atoms with Crippen molar-refractivity contribution < 1.29 is 27.8 Å². The number of anilines is 1. The molecule has 9 atom stereocenters. The Labute approximate surface area is 325 Å². The first kappa shape index (κ1) is 37.2. The Morgan fingerprint density at radius 1 is 1.02 bits per heavy atom. The number of halogens is 1. The summed E-state index contributed by atoms with van der Waals surface area (Å²) in [6.45, 7) is 11.0. The average Bonchev–Trinajstić information content (AvgIpc) is 3.89. The Hall–Kier alpha value is -2.41. The summed E-state index contributed by atoms with van der Waals surface area (Å²) in [7, 11) is -3.92. The number of hydrogen-bond donors (Lipinski definition) is 2. The third kappa shape index (κ3) is 6.56. The molecule has 4 aliphatic heterocycles. The molecule has 2 saturated carbocycles. The summed E-state index contributed by atoms with van der Waals surface area (Å²) in [4.78, 5) is 21.0. The fourth-order valence-corrected chi connectivity index (χ4v) is 13.1. The Morgan fingerprint density at radius 2 is 1.89 bits per heavy atom. The van der Waals surface area contributed by atoms with Crippen LogP contribution in [0.2, 0.25) is 5.02 Å². The second-order valence-electron chi connectivity index (χ2n) is 18.0. The van der Waals surface area contributed by atoms with Gasteiger partial charge in [-0.2, -0.15) is 0 Å². The fourth-order valence-electron chi connectivity index (χ4n) is 11.6. The number of ether oxygens (including phenoxy) is 2. The van der Waals surface area contributed by atoms with Crippen molar-refractivity contribution in [2.24, 2.45) is 29.1 Å². The fraction of sp³-hybridized carbons (Fsp3) is 0.690. The Morgan fingerprint density at radius 3 is 2.72 bits per heavy atom. The van der Waals surface area contributed by atoms with Crippen molar-refractivity contribution in [1.29, 1.82) is 0 Å². The average molecular weight is 781 g/mol. The highest BCUT2D eigenvalue weighted by Crippen LogP contribution is 2.69. The van der Waals surface area contributed by atoms with Gasteiger partial charge in [0, 0.05) is 67.2 Å². The molecular weight excluding hydrogens is 724 g/mol. The van der Waals surface area contributed by atoms with Crippen molar-refractivity contribution >= 4 is 33.2 Å². The maximum absolute atomic E-state index is 13.7. The van der Waals surface area contributed by atoms with Gasteiger partial charge in [-0.15, -0.1) is 0 Å². The first-order chi connectivity index (χ1) is 26.0. The van der Waals surface area contributed by atoms with E-state index in [1.807, 2.05) is 25.1 Å². The van der Waals surface area contributed by atoms with E-state index in [4.69, 9.17) is 21.1 Å². The van der Waals surface area contributed by atoms with E-state index in [2.05, 4.69) is 31.6 Å². The predicted molar refractivity (Wildman–Crippen MR) is 210 cm³/mol. The molecule has 9 rings (SSSR count). The number of sulfonamides is 1. The van der Waals surface area contributed by atoms with Crippen molar-refractivity contribution in [3.05, 3.63) is 58.1 Å². The van der Waals surface area contributed by atoms with Gasteiger partial charge in [0.05, 0.1) is 30.8 Å². The van der Waals surface area contributed by atoms with Crippen LogP contribution in [0.5, 0.6) is 5.75 Å². The molecule has 1 amide bonds. The number of hydrogen-bond acceptors (Lipinski definition) is 9. The van der Waals surface area contributed by atoms with Crippen LogP contribution in [0.1, 0.15) is 86.7 Å². The lowest BCUT2D eigenvalue weighted by atomic mass is 9.62. The van der Waals surface area contributed by atoms with Crippen LogP contribution in [0, 0.1) is 29.1 Å². The molecule has 12 heteroatoms. The highest BCUT2D eigenvalue weighted by Gasteiger charge is 2.65. The summed E-state index contributed by atoms with van der Waals surface area (Å²) in [5.74, 6) is 1.10.